The minimum absolute atomic E-state index is 0.0504. The van der Waals surface area contributed by atoms with E-state index in [0.717, 1.165) is 22.7 Å². The second kappa shape index (κ2) is 11.8. The molecule has 1 aliphatic heterocycles. The van der Waals surface area contributed by atoms with E-state index >= 15 is 8.78 Å². The number of hydrogen-bond acceptors (Lipinski definition) is 8. The number of halogens is 3. The zero-order valence-electron chi connectivity index (χ0n) is 28.3. The van der Waals surface area contributed by atoms with E-state index in [1.54, 1.807) is 37.3 Å². The van der Waals surface area contributed by atoms with Crippen LogP contribution in [0.25, 0.3) is 60.9 Å². The van der Waals surface area contributed by atoms with Gasteiger partial charge in [-0.1, -0.05) is 6.07 Å². The van der Waals surface area contributed by atoms with Gasteiger partial charge >= 0.3 is 0 Å². The third-order valence-electron chi connectivity index (χ3n) is 9.50. The van der Waals surface area contributed by atoms with Crippen LogP contribution in [0.2, 0.25) is 0 Å². The van der Waals surface area contributed by atoms with Crippen LogP contribution in [-0.4, -0.2) is 77.7 Å². The number of sulfonamides is 1. The standard InChI is InChI=1S/C37H31F3N6O5S/c1-37(48)17-45(18-37)16-33-43-28-15-42-27(12-23(28)31-13-21-25(39)6-5-7-29(21)46(31)33)22-11-24-32(14-30(22)44(3)52(4,49)50)51-35(34(24)36(47)41-2)20-9-8-19(38)10-26(20)40/h5-15,48H,16-18H2,1-4H3,(H,41,47). The van der Waals surface area contributed by atoms with E-state index in [1.807, 2.05) is 9.30 Å². The first-order chi connectivity index (χ1) is 24.6. The number of benzene rings is 3. The van der Waals surface area contributed by atoms with E-state index in [9.17, 15) is 22.7 Å². The number of furan rings is 1. The van der Waals surface area contributed by atoms with Crippen molar-refractivity contribution in [2.45, 2.75) is 19.1 Å². The number of fused-ring (bicyclic) bond motifs is 6. The molecule has 15 heteroatoms. The molecule has 11 nitrogen and oxygen atoms in total. The Morgan fingerprint density at radius 1 is 1.00 bits per heavy atom. The van der Waals surface area contributed by atoms with Crippen molar-refractivity contribution in [3.8, 4) is 22.6 Å². The molecule has 0 spiro atoms. The van der Waals surface area contributed by atoms with Crippen molar-refractivity contribution in [1.82, 2.24) is 24.6 Å². The maximum absolute atomic E-state index is 15.2. The van der Waals surface area contributed by atoms with Gasteiger partial charge in [0.05, 0.1) is 63.7 Å². The lowest BCUT2D eigenvalue weighted by Crippen LogP contribution is -2.59. The minimum Gasteiger partial charge on any atom is -0.455 e. The van der Waals surface area contributed by atoms with Crippen LogP contribution >= 0.6 is 0 Å². The number of likely N-dealkylation sites (tertiary alicyclic amines) is 1. The molecule has 1 fully saturated rings. The first-order valence-electron chi connectivity index (χ1n) is 16.2. The molecule has 5 heterocycles. The van der Waals surface area contributed by atoms with Gasteiger partial charge in [0.2, 0.25) is 10.0 Å². The van der Waals surface area contributed by atoms with Crippen LogP contribution in [0.3, 0.4) is 0 Å². The quantitative estimate of drug-likeness (QED) is 0.209. The average Bonchev–Trinajstić information content (AvgIpc) is 3.65. The summed E-state index contributed by atoms with van der Waals surface area (Å²) in [6.07, 6.45) is 2.57. The lowest BCUT2D eigenvalue weighted by atomic mass is 9.97. The molecule has 0 aliphatic carbocycles. The Morgan fingerprint density at radius 2 is 1.77 bits per heavy atom. The van der Waals surface area contributed by atoms with Gasteiger partial charge in [-0.25, -0.2) is 26.6 Å². The van der Waals surface area contributed by atoms with Crippen molar-refractivity contribution in [3.05, 3.63) is 95.7 Å². The molecule has 8 rings (SSSR count). The zero-order valence-corrected chi connectivity index (χ0v) is 29.1. The van der Waals surface area contributed by atoms with Gasteiger partial charge in [0.25, 0.3) is 5.91 Å². The molecule has 1 amide bonds. The van der Waals surface area contributed by atoms with Crippen LogP contribution in [0.5, 0.6) is 0 Å². The molecule has 4 aromatic heterocycles. The number of aliphatic hydroxyl groups is 1. The molecule has 0 saturated carbocycles. The molecule has 0 radical (unpaired) electrons. The molecule has 1 aliphatic rings. The van der Waals surface area contributed by atoms with E-state index in [0.29, 0.717) is 64.5 Å². The number of nitrogens with zero attached hydrogens (tertiary/aromatic N) is 5. The van der Waals surface area contributed by atoms with E-state index in [4.69, 9.17) is 14.4 Å². The number of amides is 1. The highest BCUT2D eigenvalue weighted by atomic mass is 32.2. The Balaban J connectivity index is 1.39. The number of β-amino-alcohol motifs (C(OH)–C–C–N with tert-alkyl or cyclic N) is 1. The zero-order chi connectivity index (χ0) is 36.9. The third kappa shape index (κ3) is 5.43. The Kier molecular flexibility index (Phi) is 7.61. The number of anilines is 1. The number of carbonyl (C=O) groups excluding carboxylic acids is 1. The predicted molar refractivity (Wildman–Crippen MR) is 191 cm³/mol. The minimum atomic E-state index is -3.86. The van der Waals surface area contributed by atoms with Gasteiger partial charge in [0, 0.05) is 61.0 Å². The summed E-state index contributed by atoms with van der Waals surface area (Å²) in [5, 5.41) is 14.1. The first-order valence-corrected chi connectivity index (χ1v) is 18.0. The molecule has 266 valence electrons. The van der Waals surface area contributed by atoms with E-state index in [-0.39, 0.29) is 39.1 Å². The molecule has 0 unspecified atom stereocenters. The topological polar surface area (TPSA) is 133 Å². The van der Waals surface area contributed by atoms with Gasteiger partial charge in [-0.15, -0.1) is 0 Å². The van der Waals surface area contributed by atoms with Crippen LogP contribution < -0.4 is 9.62 Å². The van der Waals surface area contributed by atoms with Gasteiger partial charge in [0.1, 0.15) is 28.9 Å². The van der Waals surface area contributed by atoms with Gasteiger partial charge in [-0.3, -0.25) is 23.4 Å². The lowest BCUT2D eigenvalue weighted by Gasteiger charge is -2.44. The molecule has 0 atom stereocenters. The SMILES string of the molecule is CNC(=O)c1c(-c2ccc(F)cc2F)oc2cc(N(C)S(C)(=O)=O)c(-c3cc4c(cn3)nc(CN3CC(C)(O)C3)n3c5cccc(F)c5cc43)cc12. The summed E-state index contributed by atoms with van der Waals surface area (Å²) in [5.74, 6) is -2.37. The second-order valence-electron chi connectivity index (χ2n) is 13.4. The van der Waals surface area contributed by atoms with Crippen LogP contribution in [0.15, 0.2) is 71.3 Å². The van der Waals surface area contributed by atoms with Crippen LogP contribution in [-0.2, 0) is 16.6 Å². The molecular formula is C37H31F3N6O5S. The van der Waals surface area contributed by atoms with Crippen molar-refractivity contribution in [2.75, 3.05) is 37.7 Å². The molecule has 1 saturated heterocycles. The summed E-state index contributed by atoms with van der Waals surface area (Å²) in [5.41, 5.74) is 1.47. The fraction of sp³-hybridized carbons (Fsp3) is 0.216. The molecule has 2 N–H and O–H groups in total. The summed E-state index contributed by atoms with van der Waals surface area (Å²) >= 11 is 0. The maximum atomic E-state index is 15.2. The third-order valence-corrected chi connectivity index (χ3v) is 10.7. The van der Waals surface area contributed by atoms with Crippen LogP contribution in [0.4, 0.5) is 18.9 Å². The van der Waals surface area contributed by atoms with Gasteiger partial charge < -0.3 is 14.8 Å². The summed E-state index contributed by atoms with van der Waals surface area (Å²) in [6.45, 7) is 3.03. The van der Waals surface area contributed by atoms with E-state index in [2.05, 4.69) is 5.32 Å². The normalized spacial score (nSPS) is 14.8. The summed E-state index contributed by atoms with van der Waals surface area (Å²) in [6, 6.07) is 14.1. The van der Waals surface area contributed by atoms with Gasteiger partial charge in [-0.05, 0) is 49.4 Å². The van der Waals surface area contributed by atoms with Crippen molar-refractivity contribution in [2.24, 2.45) is 0 Å². The first kappa shape index (κ1) is 33.6. The Morgan fingerprint density at radius 3 is 2.46 bits per heavy atom. The number of carbonyl (C=O) groups is 1. The largest absolute Gasteiger partial charge is 0.455 e. The number of rotatable bonds is 7. The average molecular weight is 729 g/mol. The van der Waals surface area contributed by atoms with E-state index in [1.165, 1.54) is 32.4 Å². The summed E-state index contributed by atoms with van der Waals surface area (Å²) in [4.78, 5) is 25.0. The maximum Gasteiger partial charge on any atom is 0.255 e. The Hall–Kier alpha value is -5.51. The molecule has 0 bridgehead atoms. The highest BCUT2D eigenvalue weighted by molar-refractivity contribution is 7.92. The van der Waals surface area contributed by atoms with E-state index < -0.39 is 39.0 Å². The van der Waals surface area contributed by atoms with Crippen molar-refractivity contribution in [1.29, 1.82) is 0 Å². The molecular weight excluding hydrogens is 698 g/mol. The van der Waals surface area contributed by atoms with Crippen molar-refractivity contribution in [3.63, 3.8) is 0 Å². The summed E-state index contributed by atoms with van der Waals surface area (Å²) in [7, 11) is -1.12. The van der Waals surface area contributed by atoms with Crippen LogP contribution in [0, 0.1) is 17.5 Å². The lowest BCUT2D eigenvalue weighted by molar-refractivity contribution is -0.0880. The number of hydrogen-bond donors (Lipinski definition) is 2. The highest BCUT2D eigenvalue weighted by Crippen LogP contribution is 2.42. The van der Waals surface area contributed by atoms with Gasteiger partial charge in [-0.2, -0.15) is 0 Å². The van der Waals surface area contributed by atoms with Crippen molar-refractivity contribution < 1.29 is 35.9 Å². The second-order valence-corrected chi connectivity index (χ2v) is 15.4. The Bertz CT molecular complexity index is 2750. The molecule has 52 heavy (non-hydrogen) atoms. The van der Waals surface area contributed by atoms with Gasteiger partial charge in [0.15, 0.2) is 5.76 Å². The number of aromatic nitrogens is 3. The number of nitrogens with one attached hydrogen (secondary N) is 1. The fourth-order valence-corrected chi connectivity index (χ4v) is 7.58. The number of pyridine rings is 1. The van der Waals surface area contributed by atoms with Crippen LogP contribution in [0.1, 0.15) is 23.1 Å². The summed E-state index contributed by atoms with van der Waals surface area (Å²) < 4.78 is 79.0. The monoisotopic (exact) mass is 728 g/mol. The van der Waals surface area contributed by atoms with Crippen molar-refractivity contribution >= 4 is 59.9 Å². The highest BCUT2D eigenvalue weighted by Gasteiger charge is 2.37. The smallest absolute Gasteiger partial charge is 0.255 e. The molecule has 7 aromatic rings. The Labute approximate surface area is 295 Å². The molecule has 3 aromatic carbocycles. The predicted octanol–water partition coefficient (Wildman–Crippen LogP) is 5.86. The fourth-order valence-electron chi connectivity index (χ4n) is 7.07.